The fourth-order valence-electron chi connectivity index (χ4n) is 1.17. The van der Waals surface area contributed by atoms with E-state index in [-0.39, 0.29) is 24.9 Å². The summed E-state index contributed by atoms with van der Waals surface area (Å²) in [6, 6.07) is 2.66. The average Bonchev–Trinajstić information content (AvgIpc) is 2.42. The molecule has 0 aliphatic carbocycles. The van der Waals surface area contributed by atoms with E-state index in [4.69, 9.17) is 4.74 Å². The maximum atomic E-state index is 13.2. The molecule has 0 aliphatic heterocycles. The van der Waals surface area contributed by atoms with Crippen LogP contribution >= 0.6 is 0 Å². The first-order valence-corrected chi connectivity index (χ1v) is 5.79. The molecule has 0 bridgehead atoms. The van der Waals surface area contributed by atoms with E-state index >= 15 is 0 Å². The molecule has 106 valence electrons. The maximum absolute atomic E-state index is 13.2. The number of rotatable bonds is 5. The lowest BCUT2D eigenvalue weighted by atomic mass is 10.3. The molecule has 1 aromatic carbocycles. The van der Waals surface area contributed by atoms with Crippen LogP contribution in [0.15, 0.2) is 30.9 Å². The lowest BCUT2D eigenvalue weighted by Gasteiger charge is -2.03. The predicted octanol–water partition coefficient (Wildman–Crippen LogP) is 1.83. The Hall–Kier alpha value is -2.55. The summed E-state index contributed by atoms with van der Waals surface area (Å²) in [5, 5.41) is 4.99. The van der Waals surface area contributed by atoms with E-state index in [1.165, 1.54) is 6.07 Å². The van der Waals surface area contributed by atoms with Gasteiger partial charge in [-0.25, -0.2) is 13.6 Å². The Morgan fingerprint density at radius 2 is 2.15 bits per heavy atom. The summed E-state index contributed by atoms with van der Waals surface area (Å²) in [5.74, 6) is 3.69. The number of carbonyl (C=O) groups is 1. The molecule has 0 saturated heterocycles. The highest BCUT2D eigenvalue weighted by molar-refractivity contribution is 5.74. The first kappa shape index (κ1) is 15.5. The number of benzene rings is 1. The van der Waals surface area contributed by atoms with E-state index in [1.54, 1.807) is 6.08 Å². The van der Waals surface area contributed by atoms with Crippen LogP contribution in [0, 0.1) is 23.5 Å². The van der Waals surface area contributed by atoms with Crippen molar-refractivity contribution in [1.29, 1.82) is 0 Å². The van der Waals surface area contributed by atoms with Crippen LogP contribution in [0.3, 0.4) is 0 Å². The van der Waals surface area contributed by atoms with E-state index in [0.29, 0.717) is 6.54 Å². The molecule has 0 aromatic heterocycles. The number of amides is 2. The minimum atomic E-state index is -0.784. The van der Waals surface area contributed by atoms with Crippen LogP contribution in [0.4, 0.5) is 13.6 Å². The SMILES string of the molecule is C=CCNC(=O)NCC#CCOc1ccc(F)cc1F. The number of hydrogen-bond donors (Lipinski definition) is 2. The molecule has 1 aromatic rings. The molecule has 0 unspecified atom stereocenters. The molecule has 0 fully saturated rings. The first-order chi connectivity index (χ1) is 9.63. The normalized spacial score (nSPS) is 9.10. The summed E-state index contributed by atoms with van der Waals surface area (Å²) in [6.07, 6.45) is 1.55. The van der Waals surface area contributed by atoms with Gasteiger partial charge < -0.3 is 15.4 Å². The Morgan fingerprint density at radius 1 is 1.35 bits per heavy atom. The lowest BCUT2D eigenvalue weighted by Crippen LogP contribution is -2.35. The standard InChI is InChI=1S/C14H14F2N2O2/c1-2-7-17-14(19)18-8-3-4-9-20-13-6-5-11(15)10-12(13)16/h2,5-6,10H,1,7-9H2,(H2,17,18,19). The minimum Gasteiger partial charge on any atom is -0.478 e. The summed E-state index contributed by atoms with van der Waals surface area (Å²) in [4.78, 5) is 11.1. The highest BCUT2D eigenvalue weighted by Crippen LogP contribution is 2.16. The van der Waals surface area contributed by atoms with Gasteiger partial charge in [0.15, 0.2) is 11.6 Å². The largest absolute Gasteiger partial charge is 0.478 e. The van der Waals surface area contributed by atoms with Crippen LogP contribution in [0.25, 0.3) is 0 Å². The number of ether oxygens (including phenoxy) is 1. The number of nitrogens with one attached hydrogen (secondary N) is 2. The smallest absolute Gasteiger partial charge is 0.315 e. The van der Waals surface area contributed by atoms with Crippen molar-refractivity contribution < 1.29 is 18.3 Å². The quantitative estimate of drug-likeness (QED) is 0.638. The molecule has 0 spiro atoms. The van der Waals surface area contributed by atoms with Gasteiger partial charge in [0.1, 0.15) is 12.4 Å². The van der Waals surface area contributed by atoms with Gasteiger partial charge in [0.25, 0.3) is 0 Å². The molecule has 0 saturated carbocycles. The molecule has 6 heteroatoms. The topological polar surface area (TPSA) is 50.4 Å². The highest BCUT2D eigenvalue weighted by atomic mass is 19.1. The highest BCUT2D eigenvalue weighted by Gasteiger charge is 2.03. The summed E-state index contributed by atoms with van der Waals surface area (Å²) in [5.41, 5.74) is 0. The van der Waals surface area contributed by atoms with Crippen molar-refractivity contribution in [2.75, 3.05) is 19.7 Å². The predicted molar refractivity (Wildman–Crippen MR) is 71.2 cm³/mol. The molecule has 0 radical (unpaired) electrons. The molecule has 4 nitrogen and oxygen atoms in total. The fraction of sp³-hybridized carbons (Fsp3) is 0.214. The molecule has 20 heavy (non-hydrogen) atoms. The van der Waals surface area contributed by atoms with E-state index in [9.17, 15) is 13.6 Å². The average molecular weight is 280 g/mol. The summed E-state index contributed by atoms with van der Waals surface area (Å²) < 4.78 is 30.8. The number of carbonyl (C=O) groups excluding carboxylic acids is 1. The Labute approximate surface area is 115 Å². The second kappa shape index (κ2) is 8.53. The van der Waals surface area contributed by atoms with Crippen LogP contribution in [-0.4, -0.2) is 25.7 Å². The van der Waals surface area contributed by atoms with Crippen molar-refractivity contribution in [3.05, 3.63) is 42.5 Å². The zero-order valence-electron chi connectivity index (χ0n) is 10.7. The Morgan fingerprint density at radius 3 is 2.85 bits per heavy atom. The molecule has 0 aliphatic rings. The van der Waals surface area contributed by atoms with Gasteiger partial charge >= 0.3 is 6.03 Å². The van der Waals surface area contributed by atoms with Crippen LogP contribution in [0.1, 0.15) is 0 Å². The van der Waals surface area contributed by atoms with Gasteiger partial charge in [0, 0.05) is 12.6 Å². The summed E-state index contributed by atoms with van der Waals surface area (Å²) >= 11 is 0. The molecular formula is C14H14F2N2O2. The zero-order valence-corrected chi connectivity index (χ0v) is 10.7. The second-order valence-electron chi connectivity index (χ2n) is 3.57. The lowest BCUT2D eigenvalue weighted by molar-refractivity contribution is 0.243. The van der Waals surface area contributed by atoms with E-state index < -0.39 is 11.6 Å². The third kappa shape index (κ3) is 5.87. The van der Waals surface area contributed by atoms with Crippen molar-refractivity contribution in [3.8, 4) is 17.6 Å². The van der Waals surface area contributed by atoms with E-state index in [2.05, 4.69) is 29.1 Å². The number of urea groups is 1. The molecular weight excluding hydrogens is 266 g/mol. The first-order valence-electron chi connectivity index (χ1n) is 5.79. The second-order valence-corrected chi connectivity index (χ2v) is 3.57. The third-order valence-corrected chi connectivity index (χ3v) is 2.06. The third-order valence-electron chi connectivity index (χ3n) is 2.06. The Kier molecular flexibility index (Phi) is 6.62. The number of hydrogen-bond acceptors (Lipinski definition) is 2. The monoisotopic (exact) mass is 280 g/mol. The molecule has 1 rings (SSSR count). The van der Waals surface area contributed by atoms with Gasteiger partial charge in [-0.2, -0.15) is 0 Å². The van der Waals surface area contributed by atoms with E-state index in [0.717, 1.165) is 12.1 Å². The maximum Gasteiger partial charge on any atom is 0.315 e. The van der Waals surface area contributed by atoms with Gasteiger partial charge in [-0.3, -0.25) is 0 Å². The fourth-order valence-corrected chi connectivity index (χ4v) is 1.17. The van der Waals surface area contributed by atoms with Gasteiger partial charge in [0.05, 0.1) is 6.54 Å². The Balaban J connectivity index is 2.26. The van der Waals surface area contributed by atoms with Crippen LogP contribution in [0.5, 0.6) is 5.75 Å². The van der Waals surface area contributed by atoms with Crippen LogP contribution in [0.2, 0.25) is 0 Å². The zero-order chi connectivity index (χ0) is 14.8. The molecule has 0 atom stereocenters. The van der Waals surface area contributed by atoms with Gasteiger partial charge in [-0.05, 0) is 12.1 Å². The molecule has 0 heterocycles. The van der Waals surface area contributed by atoms with Gasteiger partial charge in [0.2, 0.25) is 0 Å². The van der Waals surface area contributed by atoms with Crippen molar-refractivity contribution in [2.24, 2.45) is 0 Å². The van der Waals surface area contributed by atoms with Gasteiger partial charge in [-0.15, -0.1) is 6.58 Å². The molecule has 2 amide bonds. The van der Waals surface area contributed by atoms with E-state index in [1.807, 2.05) is 0 Å². The van der Waals surface area contributed by atoms with Crippen molar-refractivity contribution in [1.82, 2.24) is 10.6 Å². The van der Waals surface area contributed by atoms with Crippen LogP contribution in [-0.2, 0) is 0 Å². The van der Waals surface area contributed by atoms with Crippen molar-refractivity contribution in [2.45, 2.75) is 0 Å². The van der Waals surface area contributed by atoms with Crippen molar-refractivity contribution >= 4 is 6.03 Å². The Bertz CT molecular complexity index is 536. The minimum absolute atomic E-state index is 0.0570. The van der Waals surface area contributed by atoms with Crippen molar-refractivity contribution in [3.63, 3.8) is 0 Å². The molecule has 2 N–H and O–H groups in total. The number of halogens is 2. The summed E-state index contributed by atoms with van der Waals surface area (Å²) in [7, 11) is 0. The van der Waals surface area contributed by atoms with Gasteiger partial charge in [-0.1, -0.05) is 17.9 Å². The van der Waals surface area contributed by atoms with Crippen LogP contribution < -0.4 is 15.4 Å². The summed E-state index contributed by atoms with van der Waals surface area (Å²) in [6.45, 7) is 3.90.